The van der Waals surface area contributed by atoms with Crippen LogP contribution in [0.15, 0.2) is 17.5 Å². The molecule has 1 aromatic rings. The van der Waals surface area contributed by atoms with Gasteiger partial charge < -0.3 is 10.6 Å². The van der Waals surface area contributed by atoms with Crippen LogP contribution >= 0.6 is 11.3 Å². The van der Waals surface area contributed by atoms with E-state index in [0.717, 1.165) is 38.6 Å². The maximum atomic E-state index is 12.4. The first-order chi connectivity index (χ1) is 8.74. The van der Waals surface area contributed by atoms with Gasteiger partial charge in [0.1, 0.15) is 0 Å². The number of carbonyl (C=O) groups excluding carboxylic acids is 1. The van der Waals surface area contributed by atoms with Crippen LogP contribution in [0.3, 0.4) is 0 Å². The van der Waals surface area contributed by atoms with E-state index in [0.29, 0.717) is 0 Å². The van der Waals surface area contributed by atoms with Crippen LogP contribution in [-0.2, 0) is 4.79 Å². The van der Waals surface area contributed by atoms with Gasteiger partial charge in [-0.3, -0.25) is 4.79 Å². The Morgan fingerprint density at radius 3 is 3.17 bits per heavy atom. The highest BCUT2D eigenvalue weighted by molar-refractivity contribution is 7.10. The summed E-state index contributed by atoms with van der Waals surface area (Å²) < 4.78 is 0. The fraction of sp³-hybridized carbons (Fsp3) is 0.643. The Hall–Kier alpha value is -0.870. The van der Waals surface area contributed by atoms with Gasteiger partial charge in [0.25, 0.3) is 0 Å². The molecule has 1 fully saturated rings. The van der Waals surface area contributed by atoms with Crippen LogP contribution in [0.2, 0.25) is 0 Å². The lowest BCUT2D eigenvalue weighted by atomic mass is 10.1. The lowest BCUT2D eigenvalue weighted by molar-refractivity contribution is -0.133. The molecule has 0 aromatic carbocycles. The zero-order valence-corrected chi connectivity index (χ0v) is 11.8. The van der Waals surface area contributed by atoms with Crippen molar-refractivity contribution < 1.29 is 4.79 Å². The Bertz CT molecular complexity index is 377. The molecule has 0 spiro atoms. The van der Waals surface area contributed by atoms with Crippen molar-refractivity contribution in [3.8, 4) is 0 Å². The third kappa shape index (κ3) is 2.93. The number of hydrogen-bond acceptors (Lipinski definition) is 3. The molecule has 0 aliphatic carbocycles. The lowest BCUT2D eigenvalue weighted by Crippen LogP contribution is -2.43. The molecular weight excluding hydrogens is 244 g/mol. The van der Waals surface area contributed by atoms with Gasteiger partial charge in [-0.05, 0) is 30.7 Å². The first kappa shape index (κ1) is 13.6. The van der Waals surface area contributed by atoms with E-state index in [1.165, 1.54) is 4.88 Å². The summed E-state index contributed by atoms with van der Waals surface area (Å²) in [5.41, 5.74) is 6.01. The normalized spacial score (nSPS) is 21.2. The van der Waals surface area contributed by atoms with Gasteiger partial charge in [0.05, 0.1) is 12.1 Å². The van der Waals surface area contributed by atoms with Gasteiger partial charge in [0.15, 0.2) is 0 Å². The van der Waals surface area contributed by atoms with Gasteiger partial charge in [0.2, 0.25) is 5.91 Å². The molecule has 1 aliphatic heterocycles. The Labute approximate surface area is 113 Å². The highest BCUT2D eigenvalue weighted by atomic mass is 32.1. The lowest BCUT2D eigenvalue weighted by Gasteiger charge is -2.26. The van der Waals surface area contributed by atoms with Crippen LogP contribution in [0.1, 0.15) is 49.9 Å². The van der Waals surface area contributed by atoms with E-state index in [2.05, 4.69) is 24.4 Å². The second kappa shape index (κ2) is 6.34. The molecule has 2 N–H and O–H groups in total. The molecule has 1 amide bonds. The zero-order chi connectivity index (χ0) is 13.0. The number of unbranched alkanes of at least 4 members (excludes halogenated alkanes) is 1. The van der Waals surface area contributed by atoms with E-state index in [4.69, 9.17) is 5.73 Å². The van der Waals surface area contributed by atoms with Crippen molar-refractivity contribution in [3.63, 3.8) is 0 Å². The summed E-state index contributed by atoms with van der Waals surface area (Å²) in [4.78, 5) is 15.6. The molecule has 2 heterocycles. The molecular formula is C14H22N2OS. The number of thiophene rings is 1. The van der Waals surface area contributed by atoms with Crippen molar-refractivity contribution in [2.24, 2.45) is 5.73 Å². The Morgan fingerprint density at radius 2 is 2.50 bits per heavy atom. The zero-order valence-electron chi connectivity index (χ0n) is 11.0. The molecule has 100 valence electrons. The molecule has 1 aliphatic rings. The minimum absolute atomic E-state index is 0.138. The maximum absolute atomic E-state index is 12.4. The summed E-state index contributed by atoms with van der Waals surface area (Å²) in [5.74, 6) is 0.138. The number of nitrogens with zero attached hydrogens (tertiary/aromatic N) is 1. The van der Waals surface area contributed by atoms with E-state index in [-0.39, 0.29) is 18.0 Å². The average molecular weight is 266 g/mol. The smallest absolute Gasteiger partial charge is 0.240 e. The van der Waals surface area contributed by atoms with E-state index in [9.17, 15) is 4.79 Å². The molecule has 0 radical (unpaired) electrons. The largest absolute Gasteiger partial charge is 0.333 e. The van der Waals surface area contributed by atoms with Crippen LogP contribution in [-0.4, -0.2) is 23.4 Å². The van der Waals surface area contributed by atoms with Crippen molar-refractivity contribution in [2.45, 2.75) is 51.1 Å². The summed E-state index contributed by atoms with van der Waals surface area (Å²) in [6.07, 6.45) is 5.10. The summed E-state index contributed by atoms with van der Waals surface area (Å²) in [7, 11) is 0. The monoisotopic (exact) mass is 266 g/mol. The fourth-order valence-corrected chi connectivity index (χ4v) is 3.44. The molecule has 18 heavy (non-hydrogen) atoms. The molecule has 4 heteroatoms. The highest BCUT2D eigenvalue weighted by Gasteiger charge is 2.32. The standard InChI is InChI=1S/C14H22N2OS/c1-2-3-6-11(15)14(17)16-9-4-7-12(16)13-8-5-10-18-13/h5,8,10-12H,2-4,6-7,9,15H2,1H3/t11-,12?/m0/s1. The summed E-state index contributed by atoms with van der Waals surface area (Å²) in [5, 5.41) is 2.08. The third-order valence-electron chi connectivity index (χ3n) is 3.59. The van der Waals surface area contributed by atoms with Gasteiger partial charge >= 0.3 is 0 Å². The van der Waals surface area contributed by atoms with Crippen LogP contribution in [0, 0.1) is 0 Å². The maximum Gasteiger partial charge on any atom is 0.240 e. The number of amides is 1. The van der Waals surface area contributed by atoms with E-state index < -0.39 is 0 Å². The van der Waals surface area contributed by atoms with Crippen LogP contribution in [0.25, 0.3) is 0 Å². The minimum Gasteiger partial charge on any atom is -0.333 e. The van der Waals surface area contributed by atoms with Gasteiger partial charge in [-0.2, -0.15) is 0 Å². The fourth-order valence-electron chi connectivity index (χ4n) is 2.57. The topological polar surface area (TPSA) is 46.3 Å². The molecule has 1 unspecified atom stereocenters. The van der Waals surface area contributed by atoms with Crippen molar-refractivity contribution in [1.82, 2.24) is 4.90 Å². The second-order valence-corrected chi connectivity index (χ2v) is 5.93. The summed E-state index contributed by atoms with van der Waals surface area (Å²) in [6, 6.07) is 4.13. The van der Waals surface area contributed by atoms with Crippen LogP contribution < -0.4 is 5.73 Å². The Balaban J connectivity index is 2.00. The van der Waals surface area contributed by atoms with E-state index >= 15 is 0 Å². The van der Waals surface area contributed by atoms with Crippen molar-refractivity contribution in [2.75, 3.05) is 6.54 Å². The number of carbonyl (C=O) groups is 1. The highest BCUT2D eigenvalue weighted by Crippen LogP contribution is 2.34. The second-order valence-electron chi connectivity index (χ2n) is 4.95. The Morgan fingerprint density at radius 1 is 1.67 bits per heavy atom. The Kier molecular flexibility index (Phi) is 4.78. The molecule has 3 nitrogen and oxygen atoms in total. The van der Waals surface area contributed by atoms with Crippen molar-refractivity contribution >= 4 is 17.2 Å². The van der Waals surface area contributed by atoms with Gasteiger partial charge in [-0.15, -0.1) is 11.3 Å². The molecule has 2 atom stereocenters. The van der Waals surface area contributed by atoms with Crippen molar-refractivity contribution in [3.05, 3.63) is 22.4 Å². The van der Waals surface area contributed by atoms with Gasteiger partial charge in [-0.1, -0.05) is 25.8 Å². The third-order valence-corrected chi connectivity index (χ3v) is 4.57. The summed E-state index contributed by atoms with van der Waals surface area (Å²) in [6.45, 7) is 2.99. The predicted octanol–water partition coefficient (Wildman–Crippen LogP) is 2.93. The number of nitrogens with two attached hydrogens (primary N) is 1. The van der Waals surface area contributed by atoms with Crippen molar-refractivity contribution in [1.29, 1.82) is 0 Å². The van der Waals surface area contributed by atoms with Gasteiger partial charge in [0, 0.05) is 11.4 Å². The predicted molar refractivity (Wildman–Crippen MR) is 75.5 cm³/mol. The molecule has 1 aromatic heterocycles. The average Bonchev–Trinajstić information content (AvgIpc) is 3.03. The van der Waals surface area contributed by atoms with Crippen LogP contribution in [0.5, 0.6) is 0 Å². The quantitative estimate of drug-likeness (QED) is 0.890. The van der Waals surface area contributed by atoms with Crippen LogP contribution in [0.4, 0.5) is 0 Å². The molecule has 2 rings (SSSR count). The minimum atomic E-state index is -0.314. The van der Waals surface area contributed by atoms with Gasteiger partial charge in [-0.25, -0.2) is 0 Å². The number of likely N-dealkylation sites (tertiary alicyclic amines) is 1. The first-order valence-corrected chi connectivity index (χ1v) is 7.71. The SMILES string of the molecule is CCCC[C@H](N)C(=O)N1CCCC1c1cccs1. The number of hydrogen-bond donors (Lipinski definition) is 1. The van der Waals surface area contributed by atoms with E-state index in [1.807, 2.05) is 4.90 Å². The number of rotatable bonds is 5. The summed E-state index contributed by atoms with van der Waals surface area (Å²) >= 11 is 1.74. The first-order valence-electron chi connectivity index (χ1n) is 6.83. The molecule has 1 saturated heterocycles. The molecule has 0 saturated carbocycles. The molecule has 0 bridgehead atoms. The van der Waals surface area contributed by atoms with E-state index in [1.54, 1.807) is 11.3 Å².